The standard InChI is InChI=1S/3C32H56N8O6S2.2Fe/c3*41-47(42,43)22-14-13-21-23(24(22)48(44,45)46)32-39-30-20-12-6-5-11-19(20)28(37-30)35-26-16-8-2-1-7-15(16)25(33-26)34-27-17-9-3-4-10-18(17)29(36-27)38-31(21)40-32;;/h3*15-40H,1-14H2,(H,41,42,43)(H,44,45,46);;/q;;;2*+3/p-6. The second kappa shape index (κ2) is 42.9. The summed E-state index contributed by atoms with van der Waals surface area (Å²) in [7, 11) is -30.4. The zero-order valence-electron chi connectivity index (χ0n) is 83.4. The number of hydrogen-bond donors (Lipinski definition) is 24. The zero-order valence-corrected chi connectivity index (χ0v) is 90.5. The van der Waals surface area contributed by atoms with Crippen molar-refractivity contribution in [3.63, 3.8) is 0 Å². The van der Waals surface area contributed by atoms with E-state index >= 15 is 0 Å². The van der Waals surface area contributed by atoms with Crippen LogP contribution in [0.4, 0.5) is 0 Å². The second-order valence-corrected chi connectivity index (χ2v) is 59.8. The van der Waals surface area contributed by atoms with Gasteiger partial charge in [-0.05, 0) is 278 Å². The van der Waals surface area contributed by atoms with E-state index in [9.17, 15) is 77.8 Å². The van der Waals surface area contributed by atoms with Gasteiger partial charge < -0.3 is 27.3 Å². The Morgan fingerprint density at radius 1 is 0.123 bits per heavy atom. The Hall–Kier alpha value is -0.461. The van der Waals surface area contributed by atoms with E-state index in [-0.39, 0.29) is 201 Å². The zero-order chi connectivity index (χ0) is 98.8. The van der Waals surface area contributed by atoms with Gasteiger partial charge in [0.2, 0.25) is 0 Å². The Bertz CT molecular complexity index is 4840. The molecular weight excluding hydrogens is 2080 g/mol. The molecule has 54 unspecified atom stereocenters. The molecule has 24 bridgehead atoms. The van der Waals surface area contributed by atoms with Gasteiger partial charge >= 0.3 is 34.1 Å². The molecule has 24 N–H and O–H groups in total. The summed E-state index contributed by atoms with van der Waals surface area (Å²) < 4.78 is 229. The molecule has 27 fully saturated rings. The van der Waals surface area contributed by atoms with Crippen LogP contribution in [0, 0.1) is 142 Å². The minimum atomic E-state index is -5.12. The molecule has 15 heterocycles. The number of nitrogens with one attached hydrogen (secondary N) is 24. The predicted octanol–water partition coefficient (Wildman–Crippen LogP) is -1.05. The van der Waals surface area contributed by atoms with E-state index in [4.69, 9.17) is 0 Å². The number of fused-ring (bicyclic) bond motifs is 60. The number of rotatable bonds is 6. The first-order valence-electron chi connectivity index (χ1n) is 57.1. The van der Waals surface area contributed by atoms with E-state index < -0.39 is 128 Å². The molecule has 54 atom stereocenters. The Morgan fingerprint density at radius 2 is 0.219 bits per heavy atom. The van der Waals surface area contributed by atoms with Crippen LogP contribution < -0.4 is 128 Å². The van der Waals surface area contributed by atoms with Gasteiger partial charge in [0, 0.05) is 17.8 Å². The van der Waals surface area contributed by atoms with Crippen molar-refractivity contribution in [1.29, 1.82) is 0 Å². The summed E-state index contributed by atoms with van der Waals surface area (Å²) >= 11 is 0. The van der Waals surface area contributed by atoms with Crippen molar-refractivity contribution in [1.82, 2.24) is 128 Å². The first-order chi connectivity index (χ1) is 69.1. The third-order valence-corrected chi connectivity index (χ3v) is 52.1. The fourth-order valence-electron chi connectivity index (χ4n) is 38.0. The van der Waals surface area contributed by atoms with Crippen molar-refractivity contribution < 1.29 is 112 Å². The fraction of sp³-hybridized carbons (Fsp3) is 1.00. The molecule has 0 aromatic carbocycles. The molecule has 12 aliphatic carbocycles. The average Bonchev–Trinajstić information content (AvgIpc) is 1.58. The molecule has 0 spiro atoms. The molecule has 15 saturated heterocycles. The smallest absolute Gasteiger partial charge is 0.748 e. The van der Waals surface area contributed by atoms with Crippen molar-refractivity contribution in [3.05, 3.63) is 0 Å². The van der Waals surface area contributed by atoms with Crippen molar-refractivity contribution in [2.24, 2.45) is 142 Å². The predicted molar refractivity (Wildman–Crippen MR) is 525 cm³/mol. The topological polar surface area (TPSA) is 632 Å². The molecule has 826 valence electrons. The number of hydrogen-bond acceptors (Lipinski definition) is 42. The van der Waals surface area contributed by atoms with E-state index in [1.165, 1.54) is 96.3 Å². The van der Waals surface area contributed by atoms with Crippen LogP contribution in [0.15, 0.2) is 0 Å². The van der Waals surface area contributed by atoms with Gasteiger partial charge in [0.1, 0.15) is 0 Å². The van der Waals surface area contributed by atoms with Crippen LogP contribution in [-0.2, 0) is 94.8 Å². The molecule has 2 radical (unpaired) electrons. The summed E-state index contributed by atoms with van der Waals surface area (Å²) in [5.74, 6) is 4.25. The largest absolute Gasteiger partial charge is 3.00 e. The molecule has 146 heavy (non-hydrogen) atoms. The molecule has 27 aliphatic rings. The maximum Gasteiger partial charge on any atom is 3.00 e. The van der Waals surface area contributed by atoms with Crippen molar-refractivity contribution in [2.45, 2.75) is 449 Å². The molecule has 42 nitrogen and oxygen atoms in total. The molecule has 0 amide bonds. The summed E-state index contributed by atoms with van der Waals surface area (Å²) in [5.41, 5.74) is 0. The van der Waals surface area contributed by atoms with Gasteiger partial charge in [-0.3, -0.25) is 128 Å². The summed E-state index contributed by atoms with van der Waals surface area (Å²) in [6.07, 6.45) is 40.6. The Balaban J connectivity index is 0.000000120. The van der Waals surface area contributed by atoms with Crippen LogP contribution in [0.3, 0.4) is 0 Å². The van der Waals surface area contributed by atoms with Gasteiger partial charge in [0.05, 0.1) is 240 Å². The normalized spacial score (nSPS) is 53.1. The summed E-state index contributed by atoms with van der Waals surface area (Å²) in [6.45, 7) is 0. The maximum atomic E-state index is 13.0. The molecular formula is C96H162Fe2N24O18S6. The SMILES string of the molecule is O=S(=O)([O-])C1CCC2C3NC4NC(NC5NC(NC6NC(NC(N3)C2C1S(=O)(=O)[O-])C1CCCCC61)C1CCCCC51)C1CCCCC41.O=S(=O)([O-])C1CCC2C3NC4NC(NC5NC(NC6NC(NC(N3)C2C1S(=O)(=O)[O-])C1CCCCC61)C1CCCCC51)C1CCCCC41.O=S(=O)([O-])C1CCC2C3NC4NC(NC5NC(NC6NC(NC(N3)C2C1S(=O)(=O)[O-])C1CCCCC61)C1CCCCC51)C1CCCCC41.[Fe+3].[Fe+3]. The molecule has 0 aromatic rings. The van der Waals surface area contributed by atoms with E-state index in [1.807, 2.05) is 0 Å². The van der Waals surface area contributed by atoms with E-state index in [1.54, 1.807) is 0 Å². The van der Waals surface area contributed by atoms with Crippen molar-refractivity contribution in [2.75, 3.05) is 0 Å². The molecule has 50 heteroatoms. The Labute approximate surface area is 884 Å². The van der Waals surface area contributed by atoms with Crippen molar-refractivity contribution >= 4 is 60.7 Å². The van der Waals surface area contributed by atoms with Crippen LogP contribution in [-0.4, -0.2) is 257 Å². The van der Waals surface area contributed by atoms with Crippen LogP contribution in [0.5, 0.6) is 0 Å². The van der Waals surface area contributed by atoms with Gasteiger partial charge in [-0.15, -0.1) is 0 Å². The van der Waals surface area contributed by atoms with Gasteiger partial charge in [0.25, 0.3) is 0 Å². The summed E-state index contributed by atoms with van der Waals surface area (Å²) in [6, 6.07) is 0. The second-order valence-electron chi connectivity index (χ2n) is 50.4. The van der Waals surface area contributed by atoms with Crippen LogP contribution in [0.2, 0.25) is 0 Å². The minimum Gasteiger partial charge on any atom is -0.748 e. The van der Waals surface area contributed by atoms with Crippen molar-refractivity contribution in [3.8, 4) is 0 Å². The first kappa shape index (κ1) is 108. The minimum absolute atomic E-state index is 0. The van der Waals surface area contributed by atoms with Crippen LogP contribution in [0.1, 0.15) is 270 Å². The Morgan fingerprint density at radius 3 is 0.315 bits per heavy atom. The van der Waals surface area contributed by atoms with Gasteiger partial charge in [-0.1, -0.05) is 116 Å². The monoisotopic (exact) mass is 2240 g/mol. The van der Waals surface area contributed by atoms with Crippen LogP contribution in [0.25, 0.3) is 0 Å². The van der Waals surface area contributed by atoms with E-state index in [0.717, 1.165) is 135 Å². The summed E-state index contributed by atoms with van der Waals surface area (Å²) in [5, 5.41) is 83.1. The molecule has 27 rings (SSSR count). The first-order valence-corrected chi connectivity index (χ1v) is 65.9. The summed E-state index contributed by atoms with van der Waals surface area (Å²) in [4.78, 5) is 0. The molecule has 12 saturated carbocycles. The fourth-order valence-corrected chi connectivity index (χ4v) is 47.0. The van der Waals surface area contributed by atoms with Gasteiger partial charge in [-0.2, -0.15) is 0 Å². The third kappa shape index (κ3) is 20.5. The van der Waals surface area contributed by atoms with Gasteiger partial charge in [-0.25, -0.2) is 50.5 Å². The average molecular weight is 2240 g/mol. The molecule has 0 aromatic heterocycles. The van der Waals surface area contributed by atoms with E-state index in [0.29, 0.717) is 126 Å². The van der Waals surface area contributed by atoms with Crippen LogP contribution >= 0.6 is 0 Å². The molecule has 15 aliphatic heterocycles. The van der Waals surface area contributed by atoms with Gasteiger partial charge in [0.15, 0.2) is 0 Å². The third-order valence-electron chi connectivity index (χ3n) is 43.8. The maximum absolute atomic E-state index is 13.0. The Kier molecular flexibility index (Phi) is 31.8. The van der Waals surface area contributed by atoms with E-state index in [2.05, 4.69) is 128 Å². The quantitative estimate of drug-likeness (QED) is 0.111.